The molecule has 2 aromatic carbocycles. The Morgan fingerprint density at radius 3 is 2.55 bits per heavy atom. The molecule has 6 heteroatoms. The Morgan fingerprint density at radius 2 is 1.86 bits per heavy atom. The smallest absolute Gasteiger partial charge is 0.203 e. The summed E-state index contributed by atoms with van der Waals surface area (Å²) in [5.41, 5.74) is 9.86. The number of nitrogens with zero attached hydrogens (tertiary/aromatic N) is 2. The Hall–Kier alpha value is -2.86. The van der Waals surface area contributed by atoms with Crippen molar-refractivity contribution in [2.45, 2.75) is 34.1 Å². The highest BCUT2D eigenvalue weighted by Crippen LogP contribution is 2.31. The van der Waals surface area contributed by atoms with Gasteiger partial charge in [0.15, 0.2) is 11.5 Å². The number of ether oxygens (including phenoxy) is 2. The van der Waals surface area contributed by atoms with E-state index in [2.05, 4.69) is 55.7 Å². The van der Waals surface area contributed by atoms with Crippen molar-refractivity contribution in [1.29, 1.82) is 0 Å². The predicted octanol–water partition coefficient (Wildman–Crippen LogP) is 5.98. The number of hydrogen-bond acceptors (Lipinski definition) is 6. The lowest BCUT2D eigenvalue weighted by Gasteiger charge is -2.10. The van der Waals surface area contributed by atoms with Gasteiger partial charge in [-0.15, -0.1) is 11.3 Å². The van der Waals surface area contributed by atoms with Crippen molar-refractivity contribution in [3.63, 3.8) is 0 Å². The van der Waals surface area contributed by atoms with Crippen molar-refractivity contribution in [3.8, 4) is 22.8 Å². The normalized spacial score (nSPS) is 11.1. The molecule has 1 aromatic heterocycles. The Kier molecular flexibility index (Phi) is 6.88. The summed E-state index contributed by atoms with van der Waals surface area (Å²) in [6, 6.07) is 10.1. The van der Waals surface area contributed by atoms with Gasteiger partial charge in [-0.05, 0) is 62.1 Å². The lowest BCUT2D eigenvalue weighted by molar-refractivity contribution is 0.294. The maximum Gasteiger partial charge on any atom is 0.203 e. The zero-order valence-electron chi connectivity index (χ0n) is 17.6. The van der Waals surface area contributed by atoms with Crippen molar-refractivity contribution < 1.29 is 9.47 Å². The van der Waals surface area contributed by atoms with E-state index >= 15 is 0 Å². The van der Waals surface area contributed by atoms with E-state index in [9.17, 15) is 0 Å². The lowest BCUT2D eigenvalue weighted by atomic mass is 9.98. The van der Waals surface area contributed by atoms with Gasteiger partial charge in [-0.25, -0.2) is 4.98 Å². The molecule has 1 heterocycles. The number of hydrazone groups is 1. The monoisotopic (exact) mass is 409 g/mol. The Bertz CT molecular complexity index is 988. The molecule has 0 aliphatic carbocycles. The average Bonchev–Trinajstić information content (AvgIpc) is 3.14. The van der Waals surface area contributed by atoms with Gasteiger partial charge in [-0.1, -0.05) is 24.6 Å². The van der Waals surface area contributed by atoms with Crippen molar-refractivity contribution >= 4 is 22.7 Å². The van der Waals surface area contributed by atoms with Gasteiger partial charge in [-0.3, -0.25) is 5.43 Å². The topological polar surface area (TPSA) is 55.7 Å². The highest BCUT2D eigenvalue weighted by atomic mass is 32.1. The summed E-state index contributed by atoms with van der Waals surface area (Å²) >= 11 is 1.54. The fourth-order valence-electron chi connectivity index (χ4n) is 3.28. The van der Waals surface area contributed by atoms with Crippen LogP contribution in [0.25, 0.3) is 11.3 Å². The predicted molar refractivity (Wildman–Crippen MR) is 122 cm³/mol. The lowest BCUT2D eigenvalue weighted by Crippen LogP contribution is -1.99. The first-order valence-electron chi connectivity index (χ1n) is 9.65. The molecule has 0 saturated carbocycles. The van der Waals surface area contributed by atoms with E-state index in [0.29, 0.717) is 6.61 Å². The van der Waals surface area contributed by atoms with Gasteiger partial charge in [0, 0.05) is 10.9 Å². The average molecular weight is 410 g/mol. The molecule has 3 rings (SSSR count). The fraction of sp³-hybridized carbons (Fsp3) is 0.304. The molecule has 0 radical (unpaired) electrons. The minimum absolute atomic E-state index is 0.648. The first-order valence-corrected chi connectivity index (χ1v) is 10.5. The Morgan fingerprint density at radius 1 is 1.10 bits per heavy atom. The van der Waals surface area contributed by atoms with E-state index in [1.54, 1.807) is 24.7 Å². The quantitative estimate of drug-likeness (QED) is 0.367. The summed E-state index contributed by atoms with van der Waals surface area (Å²) in [6.07, 6.45) is 2.69. The summed E-state index contributed by atoms with van der Waals surface area (Å²) in [5.74, 6) is 1.44. The second-order valence-corrected chi connectivity index (χ2v) is 7.80. The van der Waals surface area contributed by atoms with E-state index in [-0.39, 0.29) is 0 Å². The molecule has 152 valence electrons. The molecule has 0 saturated heterocycles. The zero-order chi connectivity index (χ0) is 20.8. The molecule has 3 aromatic rings. The standard InChI is InChI=1S/C23H27N3O2S/c1-6-9-28-21-12-18(7-8-20(21)27-5)13-24-26-23-25-19(14-29-23)22-16(3)10-15(2)11-17(22)4/h7-8,10-14H,6,9H2,1-5H3,(H,25,26)/b24-13-. The van der Waals surface area contributed by atoms with Crippen LogP contribution < -0.4 is 14.9 Å². The number of rotatable bonds is 8. The molecule has 0 bridgehead atoms. The van der Waals surface area contributed by atoms with Crippen LogP contribution in [0.2, 0.25) is 0 Å². The summed E-state index contributed by atoms with van der Waals surface area (Å²) in [6.45, 7) is 9.09. The maximum atomic E-state index is 5.75. The first-order chi connectivity index (χ1) is 14.0. The van der Waals surface area contributed by atoms with Crippen LogP contribution in [-0.4, -0.2) is 24.9 Å². The molecule has 29 heavy (non-hydrogen) atoms. The molecule has 0 atom stereocenters. The van der Waals surface area contributed by atoms with E-state index in [4.69, 9.17) is 14.5 Å². The van der Waals surface area contributed by atoms with Gasteiger partial charge in [-0.2, -0.15) is 5.10 Å². The molecule has 0 unspecified atom stereocenters. The molecular weight excluding hydrogens is 382 g/mol. The van der Waals surface area contributed by atoms with Crippen LogP contribution in [0.4, 0.5) is 5.13 Å². The van der Waals surface area contributed by atoms with Crippen LogP contribution in [0.5, 0.6) is 11.5 Å². The number of methoxy groups -OCH3 is 1. The number of anilines is 1. The number of thiazole rings is 1. The van der Waals surface area contributed by atoms with E-state index in [0.717, 1.165) is 34.3 Å². The van der Waals surface area contributed by atoms with Crippen LogP contribution in [0.3, 0.4) is 0 Å². The van der Waals surface area contributed by atoms with Gasteiger partial charge in [0.25, 0.3) is 0 Å². The third-order valence-electron chi connectivity index (χ3n) is 4.46. The molecule has 0 aliphatic rings. The second kappa shape index (κ2) is 9.56. The third kappa shape index (κ3) is 5.15. The van der Waals surface area contributed by atoms with E-state index in [1.807, 2.05) is 18.2 Å². The summed E-state index contributed by atoms with van der Waals surface area (Å²) in [4.78, 5) is 4.70. The van der Waals surface area contributed by atoms with E-state index in [1.165, 1.54) is 22.3 Å². The van der Waals surface area contributed by atoms with Crippen molar-refractivity contribution in [1.82, 2.24) is 4.98 Å². The van der Waals surface area contributed by atoms with Crippen LogP contribution >= 0.6 is 11.3 Å². The SMILES string of the molecule is CCCOc1cc(/C=N\Nc2nc(-c3c(C)cc(C)cc3C)cs2)ccc1OC. The van der Waals surface area contributed by atoms with Crippen molar-refractivity contribution in [3.05, 3.63) is 58.0 Å². The Labute approximate surface area is 176 Å². The zero-order valence-corrected chi connectivity index (χ0v) is 18.4. The number of aryl methyl sites for hydroxylation is 3. The molecule has 1 N–H and O–H groups in total. The van der Waals surface area contributed by atoms with Gasteiger partial charge in [0.05, 0.1) is 25.6 Å². The van der Waals surface area contributed by atoms with Crippen LogP contribution in [-0.2, 0) is 0 Å². The minimum atomic E-state index is 0.648. The first kappa shape index (κ1) is 20.9. The fourth-order valence-corrected chi connectivity index (χ4v) is 3.93. The molecule has 5 nitrogen and oxygen atoms in total. The molecule has 0 spiro atoms. The van der Waals surface area contributed by atoms with Crippen LogP contribution in [0, 0.1) is 20.8 Å². The number of hydrogen-bond donors (Lipinski definition) is 1. The number of benzene rings is 2. The van der Waals surface area contributed by atoms with Crippen molar-refractivity contribution in [2.24, 2.45) is 5.10 Å². The largest absolute Gasteiger partial charge is 0.493 e. The van der Waals surface area contributed by atoms with Gasteiger partial charge in [0.2, 0.25) is 5.13 Å². The van der Waals surface area contributed by atoms with Gasteiger partial charge in [0.1, 0.15) is 0 Å². The third-order valence-corrected chi connectivity index (χ3v) is 5.21. The minimum Gasteiger partial charge on any atom is -0.493 e. The molecular formula is C23H27N3O2S. The van der Waals surface area contributed by atoms with Crippen LogP contribution in [0.1, 0.15) is 35.6 Å². The summed E-state index contributed by atoms with van der Waals surface area (Å²) in [5, 5.41) is 7.15. The van der Waals surface area contributed by atoms with Gasteiger partial charge >= 0.3 is 0 Å². The highest BCUT2D eigenvalue weighted by molar-refractivity contribution is 7.14. The molecule has 0 amide bonds. The van der Waals surface area contributed by atoms with Gasteiger partial charge < -0.3 is 9.47 Å². The molecule has 0 fully saturated rings. The summed E-state index contributed by atoms with van der Waals surface area (Å²) < 4.78 is 11.1. The van der Waals surface area contributed by atoms with Crippen LogP contribution in [0.15, 0.2) is 40.8 Å². The Balaban J connectivity index is 1.72. The van der Waals surface area contributed by atoms with E-state index < -0.39 is 0 Å². The molecule has 0 aliphatic heterocycles. The van der Waals surface area contributed by atoms with Crippen molar-refractivity contribution in [2.75, 3.05) is 19.1 Å². The number of aromatic nitrogens is 1. The summed E-state index contributed by atoms with van der Waals surface area (Å²) in [7, 11) is 1.64. The number of nitrogens with one attached hydrogen (secondary N) is 1. The maximum absolute atomic E-state index is 5.75. The second-order valence-electron chi connectivity index (χ2n) is 6.94. The highest BCUT2D eigenvalue weighted by Gasteiger charge is 2.10.